The Morgan fingerprint density at radius 2 is 2.32 bits per heavy atom. The van der Waals surface area contributed by atoms with E-state index in [4.69, 9.17) is 0 Å². The van der Waals surface area contributed by atoms with Gasteiger partial charge in [-0.05, 0) is 18.8 Å². The van der Waals surface area contributed by atoms with Crippen molar-refractivity contribution in [1.29, 1.82) is 0 Å². The van der Waals surface area contributed by atoms with Crippen LogP contribution in [0.25, 0.3) is 0 Å². The molecule has 2 rings (SSSR count). The van der Waals surface area contributed by atoms with Gasteiger partial charge in [0.1, 0.15) is 0 Å². The number of hydrogen-bond donors (Lipinski definition) is 0. The number of aromatic nitrogens is 1. The Morgan fingerprint density at radius 1 is 1.58 bits per heavy atom. The molecule has 0 N–H and O–H groups in total. The van der Waals surface area contributed by atoms with Gasteiger partial charge in [0.05, 0.1) is 12.6 Å². The Labute approximate surface area is 116 Å². The predicted molar refractivity (Wildman–Crippen MR) is 70.6 cm³/mol. The van der Waals surface area contributed by atoms with E-state index in [9.17, 15) is 13.2 Å². The summed E-state index contributed by atoms with van der Waals surface area (Å²) >= 11 is 0.953. The van der Waals surface area contributed by atoms with Crippen LogP contribution in [0.15, 0.2) is 9.72 Å². The summed E-state index contributed by atoms with van der Waals surface area (Å²) in [6.07, 6.45) is 1.87. The second kappa shape index (κ2) is 5.56. The Kier molecular flexibility index (Phi) is 4.22. The summed E-state index contributed by atoms with van der Waals surface area (Å²) in [5, 5.41) is 0. The summed E-state index contributed by atoms with van der Waals surface area (Å²) in [6.45, 7) is 3.00. The highest BCUT2D eigenvalue weighted by molar-refractivity contribution is 7.91. The van der Waals surface area contributed by atoms with Crippen molar-refractivity contribution in [3.05, 3.63) is 11.2 Å². The molecule has 1 aliphatic rings. The average Bonchev–Trinajstić information content (AvgIpc) is 2.87. The minimum absolute atomic E-state index is 0.0200. The lowest BCUT2D eigenvalue weighted by Gasteiger charge is -2.29. The van der Waals surface area contributed by atoms with E-state index in [1.54, 1.807) is 0 Å². The summed E-state index contributed by atoms with van der Waals surface area (Å²) in [5.41, 5.74) is 1.23. The van der Waals surface area contributed by atoms with E-state index in [0.717, 1.165) is 24.2 Å². The molecule has 0 bridgehead atoms. The standard InChI is InChI=1S/C11H16N2O4S2/c1-8-4-3-5-13(6-8)19(15,16)11-9(10(14)17-2)12-7-18-11/h7-8H,3-6H2,1-2H3. The summed E-state index contributed by atoms with van der Waals surface area (Å²) in [5.74, 6) is -0.386. The van der Waals surface area contributed by atoms with Gasteiger partial charge < -0.3 is 4.74 Å². The first-order valence-electron chi connectivity index (χ1n) is 5.98. The van der Waals surface area contributed by atoms with Crippen LogP contribution in [0, 0.1) is 5.92 Å². The molecule has 106 valence electrons. The Balaban J connectivity index is 2.34. The monoisotopic (exact) mass is 304 g/mol. The van der Waals surface area contributed by atoms with Crippen LogP contribution in [0.1, 0.15) is 30.3 Å². The topological polar surface area (TPSA) is 76.6 Å². The SMILES string of the molecule is COC(=O)c1ncsc1S(=O)(=O)N1CCCC(C)C1. The number of thiazole rings is 1. The van der Waals surface area contributed by atoms with E-state index < -0.39 is 16.0 Å². The minimum atomic E-state index is -3.65. The smallest absolute Gasteiger partial charge is 0.358 e. The van der Waals surface area contributed by atoms with Crippen molar-refractivity contribution in [2.24, 2.45) is 5.92 Å². The molecule has 1 aliphatic heterocycles. The molecule has 1 saturated heterocycles. The fourth-order valence-corrected chi connectivity index (χ4v) is 5.00. The highest BCUT2D eigenvalue weighted by atomic mass is 32.2. The first-order chi connectivity index (χ1) is 8.96. The number of esters is 1. The fourth-order valence-electron chi connectivity index (χ4n) is 2.13. The molecule has 6 nitrogen and oxygen atoms in total. The van der Waals surface area contributed by atoms with Crippen LogP contribution in [0.3, 0.4) is 0 Å². The van der Waals surface area contributed by atoms with Crippen molar-refractivity contribution in [3.8, 4) is 0 Å². The molecule has 1 unspecified atom stereocenters. The maximum atomic E-state index is 12.5. The summed E-state index contributed by atoms with van der Waals surface area (Å²) < 4.78 is 31.0. The van der Waals surface area contributed by atoms with Crippen LogP contribution < -0.4 is 0 Å². The normalized spacial score (nSPS) is 21.3. The zero-order valence-electron chi connectivity index (χ0n) is 10.8. The van der Waals surface area contributed by atoms with Crippen molar-refractivity contribution in [1.82, 2.24) is 9.29 Å². The molecular weight excluding hydrogens is 288 g/mol. The van der Waals surface area contributed by atoms with Crippen molar-refractivity contribution in [2.45, 2.75) is 24.0 Å². The molecule has 0 amide bonds. The van der Waals surface area contributed by atoms with Crippen LogP contribution in [0.2, 0.25) is 0 Å². The number of carbonyl (C=O) groups excluding carboxylic acids is 1. The zero-order chi connectivity index (χ0) is 14.0. The molecule has 2 heterocycles. The van der Waals surface area contributed by atoms with Crippen LogP contribution in [0.5, 0.6) is 0 Å². The predicted octanol–water partition coefficient (Wildman–Crippen LogP) is 1.35. The minimum Gasteiger partial charge on any atom is -0.464 e. The highest BCUT2D eigenvalue weighted by Crippen LogP contribution is 2.28. The van der Waals surface area contributed by atoms with E-state index in [-0.39, 0.29) is 9.90 Å². The van der Waals surface area contributed by atoms with Gasteiger partial charge in [0.2, 0.25) is 0 Å². The number of sulfonamides is 1. The van der Waals surface area contributed by atoms with Gasteiger partial charge in [-0.3, -0.25) is 0 Å². The summed E-state index contributed by atoms with van der Waals surface area (Å²) in [4.78, 5) is 15.3. The highest BCUT2D eigenvalue weighted by Gasteiger charge is 2.34. The van der Waals surface area contributed by atoms with Gasteiger partial charge >= 0.3 is 5.97 Å². The van der Waals surface area contributed by atoms with Crippen molar-refractivity contribution >= 4 is 27.3 Å². The molecule has 0 radical (unpaired) electrons. The molecule has 0 spiro atoms. The van der Waals surface area contributed by atoms with Gasteiger partial charge in [0, 0.05) is 13.1 Å². The molecule has 1 atom stereocenters. The van der Waals surface area contributed by atoms with E-state index in [0.29, 0.717) is 19.0 Å². The van der Waals surface area contributed by atoms with E-state index in [1.165, 1.54) is 16.9 Å². The third-order valence-electron chi connectivity index (χ3n) is 3.11. The summed E-state index contributed by atoms with van der Waals surface area (Å²) in [6, 6.07) is 0. The Bertz CT molecular complexity index is 567. The van der Waals surface area contributed by atoms with Crippen LogP contribution in [-0.2, 0) is 14.8 Å². The first kappa shape index (κ1) is 14.4. The molecule has 0 saturated carbocycles. The maximum absolute atomic E-state index is 12.5. The van der Waals surface area contributed by atoms with Crippen LogP contribution in [-0.4, -0.2) is 43.9 Å². The van der Waals surface area contributed by atoms with Crippen molar-refractivity contribution in [3.63, 3.8) is 0 Å². The Morgan fingerprint density at radius 3 is 2.95 bits per heavy atom. The third kappa shape index (κ3) is 2.80. The quantitative estimate of drug-likeness (QED) is 0.788. The van der Waals surface area contributed by atoms with Gasteiger partial charge in [-0.1, -0.05) is 6.92 Å². The lowest BCUT2D eigenvalue weighted by Crippen LogP contribution is -2.39. The number of ether oxygens (including phenoxy) is 1. The largest absolute Gasteiger partial charge is 0.464 e. The molecule has 1 fully saturated rings. The van der Waals surface area contributed by atoms with Crippen molar-refractivity contribution in [2.75, 3.05) is 20.2 Å². The number of carbonyl (C=O) groups is 1. The molecular formula is C11H16N2O4S2. The Hall–Kier alpha value is -0.990. The van der Waals surface area contributed by atoms with Gasteiger partial charge in [0.25, 0.3) is 10.0 Å². The van der Waals surface area contributed by atoms with Crippen molar-refractivity contribution < 1.29 is 17.9 Å². The van der Waals surface area contributed by atoms with Crippen LogP contribution in [0.4, 0.5) is 0 Å². The molecule has 8 heteroatoms. The average molecular weight is 304 g/mol. The van der Waals surface area contributed by atoms with Gasteiger partial charge in [-0.2, -0.15) is 4.31 Å². The number of rotatable bonds is 3. The lowest BCUT2D eigenvalue weighted by atomic mass is 10.0. The molecule has 0 aliphatic carbocycles. The van der Waals surface area contributed by atoms with Crippen LogP contribution >= 0.6 is 11.3 Å². The van der Waals surface area contributed by atoms with Gasteiger partial charge in [-0.25, -0.2) is 18.2 Å². The lowest BCUT2D eigenvalue weighted by molar-refractivity contribution is 0.0590. The first-order valence-corrected chi connectivity index (χ1v) is 8.30. The van der Waals surface area contributed by atoms with Gasteiger partial charge in [0.15, 0.2) is 9.90 Å². The third-order valence-corrected chi connectivity index (χ3v) is 6.32. The number of hydrogen-bond acceptors (Lipinski definition) is 6. The van der Waals surface area contributed by atoms with E-state index >= 15 is 0 Å². The second-order valence-electron chi connectivity index (χ2n) is 4.59. The zero-order valence-corrected chi connectivity index (χ0v) is 12.5. The van der Waals surface area contributed by atoms with Gasteiger partial charge in [-0.15, -0.1) is 11.3 Å². The number of piperidine rings is 1. The number of nitrogens with zero attached hydrogens (tertiary/aromatic N) is 2. The molecule has 19 heavy (non-hydrogen) atoms. The second-order valence-corrected chi connectivity index (χ2v) is 7.58. The molecule has 1 aromatic rings. The van der Waals surface area contributed by atoms with E-state index in [2.05, 4.69) is 9.72 Å². The summed E-state index contributed by atoms with van der Waals surface area (Å²) in [7, 11) is -2.44. The number of methoxy groups -OCH3 is 1. The molecule has 0 aromatic carbocycles. The fraction of sp³-hybridized carbons (Fsp3) is 0.636. The van der Waals surface area contributed by atoms with E-state index in [1.807, 2.05) is 6.92 Å². The maximum Gasteiger partial charge on any atom is 0.358 e. The molecule has 1 aromatic heterocycles.